The number of sulfonamides is 1. The number of aromatic nitrogens is 3. The second-order valence-electron chi connectivity index (χ2n) is 9.71. The number of halogens is 1. The minimum absolute atomic E-state index is 0.102. The van der Waals surface area contributed by atoms with Crippen LogP contribution in [-0.2, 0) is 36.3 Å². The van der Waals surface area contributed by atoms with Crippen molar-refractivity contribution in [1.29, 1.82) is 0 Å². The molecule has 9 nitrogen and oxygen atoms in total. The van der Waals surface area contributed by atoms with Gasteiger partial charge in [-0.15, -0.1) is 0 Å². The molecule has 4 rings (SSSR count). The van der Waals surface area contributed by atoms with E-state index in [9.17, 15) is 17.6 Å². The molecule has 1 aromatic carbocycles. The maximum atomic E-state index is 14.5. The number of rotatable bonds is 9. The van der Waals surface area contributed by atoms with Gasteiger partial charge in [0.25, 0.3) is 10.0 Å². The Morgan fingerprint density at radius 3 is 2.41 bits per heavy atom. The highest BCUT2D eigenvalue weighted by Gasteiger charge is 2.45. The van der Waals surface area contributed by atoms with Gasteiger partial charge in [0, 0.05) is 31.6 Å². The third-order valence-corrected chi connectivity index (χ3v) is 7.70. The van der Waals surface area contributed by atoms with Gasteiger partial charge >= 0.3 is 0 Å². The molecular formula is C26H31FN4O5S. The quantitative estimate of drug-likeness (QED) is 0.449. The number of carbonyl (C=O) groups excluding carboxylic acids is 1. The Morgan fingerprint density at radius 1 is 1.19 bits per heavy atom. The van der Waals surface area contributed by atoms with E-state index in [1.807, 2.05) is 27.7 Å². The van der Waals surface area contributed by atoms with E-state index in [4.69, 9.17) is 9.47 Å². The highest BCUT2D eigenvalue weighted by molar-refractivity contribution is 7.90. The van der Waals surface area contributed by atoms with Crippen molar-refractivity contribution in [1.82, 2.24) is 19.5 Å². The number of ether oxygens (including phenoxy) is 2. The molecule has 0 saturated carbocycles. The zero-order valence-electron chi connectivity index (χ0n) is 21.5. The number of carbonyl (C=O) groups is 1. The van der Waals surface area contributed by atoms with Crippen LogP contribution in [0.15, 0.2) is 47.8 Å². The summed E-state index contributed by atoms with van der Waals surface area (Å²) in [4.78, 5) is 17.1. The fraction of sp³-hybridized carbons (Fsp3) is 0.423. The normalized spacial score (nSPS) is 15.1. The van der Waals surface area contributed by atoms with Crippen LogP contribution in [0.4, 0.5) is 4.39 Å². The Labute approximate surface area is 216 Å². The van der Waals surface area contributed by atoms with E-state index >= 15 is 0 Å². The molecule has 1 fully saturated rings. The van der Waals surface area contributed by atoms with E-state index in [1.54, 1.807) is 29.2 Å². The summed E-state index contributed by atoms with van der Waals surface area (Å²) in [5, 5.41) is 4.00. The van der Waals surface area contributed by atoms with Gasteiger partial charge in [0.1, 0.15) is 5.82 Å². The van der Waals surface area contributed by atoms with Crippen LogP contribution in [0.3, 0.4) is 0 Å². The summed E-state index contributed by atoms with van der Waals surface area (Å²) in [6.45, 7) is 8.06. The monoisotopic (exact) mass is 530 g/mol. The maximum Gasteiger partial charge on any atom is 0.283 e. The number of hydrogen-bond acceptors (Lipinski definition) is 7. The SMILES string of the molecule is COC1(c2cc(S(=O)(=O)NC(=O)Cc3c(-c4ccncc4)cc(F)cc3C(C)C)nn2C(C)C)COC1. The molecule has 3 heterocycles. The van der Waals surface area contributed by atoms with Gasteiger partial charge in [-0.25, -0.2) is 9.11 Å². The molecule has 0 unspecified atom stereocenters. The van der Waals surface area contributed by atoms with Crippen LogP contribution >= 0.6 is 0 Å². The molecule has 3 aromatic rings. The highest BCUT2D eigenvalue weighted by atomic mass is 32.2. The molecule has 0 radical (unpaired) electrons. The molecule has 1 aliphatic heterocycles. The molecule has 37 heavy (non-hydrogen) atoms. The Kier molecular flexibility index (Phi) is 7.50. The van der Waals surface area contributed by atoms with Gasteiger partial charge in [0.2, 0.25) is 5.91 Å². The number of amides is 1. The minimum Gasteiger partial charge on any atom is -0.374 e. The summed E-state index contributed by atoms with van der Waals surface area (Å²) in [7, 11) is -2.76. The van der Waals surface area contributed by atoms with Crippen molar-refractivity contribution in [3.63, 3.8) is 0 Å². The lowest BCUT2D eigenvalue weighted by Crippen LogP contribution is -2.49. The zero-order valence-corrected chi connectivity index (χ0v) is 22.3. The number of benzene rings is 1. The van der Waals surface area contributed by atoms with Crippen LogP contribution in [0, 0.1) is 5.82 Å². The second kappa shape index (κ2) is 10.3. The zero-order chi connectivity index (χ0) is 27.0. The van der Waals surface area contributed by atoms with E-state index < -0.39 is 27.3 Å². The molecule has 1 saturated heterocycles. The van der Waals surface area contributed by atoms with Crippen molar-refractivity contribution < 1.29 is 27.1 Å². The Hall–Kier alpha value is -3.15. The summed E-state index contributed by atoms with van der Waals surface area (Å²) in [6.07, 6.45) is 2.89. The summed E-state index contributed by atoms with van der Waals surface area (Å²) < 4.78 is 55.6. The fourth-order valence-electron chi connectivity index (χ4n) is 4.45. The molecule has 1 aliphatic rings. The lowest BCUT2D eigenvalue weighted by atomic mass is 9.88. The average Bonchev–Trinajstić information content (AvgIpc) is 3.27. The lowest BCUT2D eigenvalue weighted by molar-refractivity contribution is -0.206. The number of pyridine rings is 1. The van der Waals surface area contributed by atoms with E-state index in [0.29, 0.717) is 27.9 Å². The number of nitrogens with zero attached hydrogens (tertiary/aromatic N) is 3. The van der Waals surface area contributed by atoms with Gasteiger partial charge in [-0.05, 0) is 66.3 Å². The summed E-state index contributed by atoms with van der Waals surface area (Å²) in [5.41, 5.74) is 2.12. The highest BCUT2D eigenvalue weighted by Crippen LogP contribution is 2.36. The van der Waals surface area contributed by atoms with Gasteiger partial charge < -0.3 is 9.47 Å². The first kappa shape index (κ1) is 26.9. The summed E-state index contributed by atoms with van der Waals surface area (Å²) in [5.74, 6) is -1.29. The van der Waals surface area contributed by atoms with Gasteiger partial charge in [0.05, 0.1) is 25.3 Å². The largest absolute Gasteiger partial charge is 0.374 e. The molecular weight excluding hydrogens is 499 g/mol. The molecule has 198 valence electrons. The maximum absolute atomic E-state index is 14.5. The van der Waals surface area contributed by atoms with Gasteiger partial charge in [-0.3, -0.25) is 14.5 Å². The molecule has 11 heteroatoms. The molecule has 0 aliphatic carbocycles. The smallest absolute Gasteiger partial charge is 0.283 e. The predicted octanol–water partition coefficient (Wildman–Crippen LogP) is 3.71. The first-order valence-corrected chi connectivity index (χ1v) is 13.5. The first-order chi connectivity index (χ1) is 17.5. The van der Waals surface area contributed by atoms with Crippen molar-refractivity contribution in [2.24, 2.45) is 0 Å². The summed E-state index contributed by atoms with van der Waals surface area (Å²) in [6, 6.07) is 7.42. The Morgan fingerprint density at radius 2 is 1.86 bits per heavy atom. The van der Waals surface area contributed by atoms with Gasteiger partial charge in [-0.2, -0.15) is 13.5 Å². The van der Waals surface area contributed by atoms with Crippen LogP contribution in [0.2, 0.25) is 0 Å². The van der Waals surface area contributed by atoms with Crippen molar-refractivity contribution in [3.05, 3.63) is 65.4 Å². The molecule has 1 N–H and O–H groups in total. The Bertz CT molecular complexity index is 1390. The van der Waals surface area contributed by atoms with E-state index in [-0.39, 0.29) is 36.6 Å². The van der Waals surface area contributed by atoms with Crippen LogP contribution in [0.5, 0.6) is 0 Å². The number of nitrogens with one attached hydrogen (secondary N) is 1. The molecule has 0 bridgehead atoms. The number of hydrogen-bond donors (Lipinski definition) is 1. The van der Waals surface area contributed by atoms with Crippen LogP contribution < -0.4 is 4.72 Å². The predicted molar refractivity (Wildman–Crippen MR) is 135 cm³/mol. The van der Waals surface area contributed by atoms with Crippen LogP contribution in [-0.4, -0.2) is 49.4 Å². The number of methoxy groups -OCH3 is 1. The minimum atomic E-state index is -4.30. The van der Waals surface area contributed by atoms with Crippen molar-refractivity contribution in [2.45, 2.75) is 56.7 Å². The first-order valence-electron chi connectivity index (χ1n) is 12.0. The molecule has 1 amide bonds. The standard InChI is InChI=1S/C26H31FN4O5S/c1-16(2)20-10-19(27)11-21(18-6-8-28-9-7-18)22(20)12-24(32)30-37(33,34)25-13-23(31(29-25)17(3)4)26(35-5)14-36-15-26/h6-11,13,16-17H,12,14-15H2,1-5H3,(H,30,32). The lowest BCUT2D eigenvalue weighted by Gasteiger charge is -2.40. The molecule has 0 spiro atoms. The topological polar surface area (TPSA) is 112 Å². The third-order valence-electron chi connectivity index (χ3n) is 6.45. The average molecular weight is 531 g/mol. The Balaban J connectivity index is 1.67. The fourth-order valence-corrected chi connectivity index (χ4v) is 5.39. The van der Waals surface area contributed by atoms with Crippen molar-refractivity contribution in [3.8, 4) is 11.1 Å². The second-order valence-corrected chi connectivity index (χ2v) is 11.3. The van der Waals surface area contributed by atoms with Crippen molar-refractivity contribution >= 4 is 15.9 Å². The van der Waals surface area contributed by atoms with Crippen LogP contribution in [0.1, 0.15) is 56.5 Å². The van der Waals surface area contributed by atoms with E-state index in [0.717, 1.165) is 0 Å². The van der Waals surface area contributed by atoms with E-state index in [1.165, 1.54) is 25.3 Å². The molecule has 2 aromatic heterocycles. The third kappa shape index (κ3) is 5.29. The van der Waals surface area contributed by atoms with E-state index in [2.05, 4.69) is 14.8 Å². The van der Waals surface area contributed by atoms with Crippen molar-refractivity contribution in [2.75, 3.05) is 20.3 Å². The summed E-state index contributed by atoms with van der Waals surface area (Å²) >= 11 is 0. The molecule has 0 atom stereocenters. The van der Waals surface area contributed by atoms with Gasteiger partial charge in [-0.1, -0.05) is 13.8 Å². The van der Waals surface area contributed by atoms with Gasteiger partial charge in [0.15, 0.2) is 10.6 Å². The van der Waals surface area contributed by atoms with Crippen LogP contribution in [0.25, 0.3) is 11.1 Å².